The van der Waals surface area contributed by atoms with Crippen molar-refractivity contribution in [2.75, 3.05) is 18.4 Å². The summed E-state index contributed by atoms with van der Waals surface area (Å²) in [5.74, 6) is 0.617. The Labute approximate surface area is 193 Å². The van der Waals surface area contributed by atoms with Crippen LogP contribution in [0.1, 0.15) is 5.56 Å². The van der Waals surface area contributed by atoms with Gasteiger partial charge in [0, 0.05) is 35.8 Å². The summed E-state index contributed by atoms with van der Waals surface area (Å²) >= 11 is 9.46. The van der Waals surface area contributed by atoms with E-state index >= 15 is 0 Å². The van der Waals surface area contributed by atoms with Crippen molar-refractivity contribution in [3.8, 4) is 11.3 Å². The molecule has 0 fully saturated rings. The molecule has 0 aliphatic carbocycles. The molecule has 0 spiro atoms. The highest BCUT2D eigenvalue weighted by atomic mass is 79.9. The minimum Gasteiger partial charge on any atom is -0.368 e. The lowest BCUT2D eigenvalue weighted by atomic mass is 10.1. The minimum atomic E-state index is -0.173. The molecule has 0 saturated carbocycles. The zero-order chi connectivity index (χ0) is 21.6. The quantitative estimate of drug-likeness (QED) is 0.277. The topological polar surface area (TPSA) is 71.3 Å². The Balaban J connectivity index is 1.40. The van der Waals surface area contributed by atoms with Crippen molar-refractivity contribution >= 4 is 51.0 Å². The third-order valence-corrected chi connectivity index (χ3v) is 5.30. The molecule has 2 heterocycles. The molecule has 0 radical (unpaired) electrons. The van der Waals surface area contributed by atoms with Crippen LogP contribution in [0.2, 0.25) is 5.02 Å². The minimum absolute atomic E-state index is 0.173. The highest BCUT2D eigenvalue weighted by Gasteiger charge is 2.11. The van der Waals surface area contributed by atoms with Crippen molar-refractivity contribution < 1.29 is 4.79 Å². The van der Waals surface area contributed by atoms with Crippen LogP contribution in [0.15, 0.2) is 77.4 Å². The number of hydrogen-bond acceptors (Lipinski definition) is 4. The second-order valence-electron chi connectivity index (χ2n) is 6.73. The number of amides is 1. The van der Waals surface area contributed by atoms with Crippen LogP contribution in [0.3, 0.4) is 0 Å². The van der Waals surface area contributed by atoms with E-state index in [4.69, 9.17) is 16.6 Å². The number of anilines is 1. The number of halogens is 2. The first-order chi connectivity index (χ1) is 15.1. The maximum atomic E-state index is 12.1. The van der Waals surface area contributed by atoms with Crippen LogP contribution < -0.4 is 10.6 Å². The molecule has 0 aliphatic rings. The lowest BCUT2D eigenvalue weighted by molar-refractivity contribution is -0.116. The summed E-state index contributed by atoms with van der Waals surface area (Å²) in [6.07, 6.45) is 4.94. The number of carbonyl (C=O) groups is 1. The molecule has 4 aromatic rings. The molecular weight excluding hydrogens is 478 g/mol. The smallest absolute Gasteiger partial charge is 0.244 e. The Morgan fingerprint density at radius 1 is 1.10 bits per heavy atom. The molecule has 156 valence electrons. The number of aromatic nitrogens is 3. The fraction of sp³-hybridized carbons (Fsp3) is 0.0870. The Hall–Kier alpha value is -3.16. The van der Waals surface area contributed by atoms with Crippen LogP contribution in [-0.4, -0.2) is 33.6 Å². The molecule has 0 aliphatic heterocycles. The van der Waals surface area contributed by atoms with E-state index in [1.165, 1.54) is 6.08 Å². The summed E-state index contributed by atoms with van der Waals surface area (Å²) in [5, 5.41) is 11.2. The molecule has 0 unspecified atom stereocenters. The van der Waals surface area contributed by atoms with Crippen molar-refractivity contribution in [3.63, 3.8) is 0 Å². The van der Waals surface area contributed by atoms with Crippen LogP contribution in [0.4, 0.5) is 5.82 Å². The standard InChI is InChI=1S/C23H19BrClN5O/c24-19-15-28-30-21(14-20(29-23(19)30)17-6-2-1-3-7-17)26-11-12-27-22(31)10-9-16-5-4-8-18(25)13-16/h1-10,13-15,26H,11-12H2,(H,27,31)/b10-9+. The molecule has 31 heavy (non-hydrogen) atoms. The number of rotatable bonds is 7. The highest BCUT2D eigenvalue weighted by Crippen LogP contribution is 2.25. The van der Waals surface area contributed by atoms with Gasteiger partial charge in [0.1, 0.15) is 5.82 Å². The van der Waals surface area contributed by atoms with Gasteiger partial charge in [0.2, 0.25) is 5.91 Å². The van der Waals surface area contributed by atoms with E-state index in [-0.39, 0.29) is 5.91 Å². The van der Waals surface area contributed by atoms with Gasteiger partial charge in [0.25, 0.3) is 0 Å². The molecule has 6 nitrogen and oxygen atoms in total. The summed E-state index contributed by atoms with van der Waals surface area (Å²) in [6.45, 7) is 0.979. The average molecular weight is 497 g/mol. The van der Waals surface area contributed by atoms with Crippen molar-refractivity contribution in [2.24, 2.45) is 0 Å². The van der Waals surface area contributed by atoms with Gasteiger partial charge in [-0.05, 0) is 39.7 Å². The van der Waals surface area contributed by atoms with Gasteiger partial charge in [-0.15, -0.1) is 0 Å². The van der Waals surface area contributed by atoms with Gasteiger partial charge in [-0.3, -0.25) is 4.79 Å². The van der Waals surface area contributed by atoms with E-state index < -0.39 is 0 Å². The summed E-state index contributed by atoms with van der Waals surface area (Å²) < 4.78 is 2.55. The maximum Gasteiger partial charge on any atom is 0.244 e. The normalized spacial score (nSPS) is 11.2. The molecule has 1 amide bonds. The summed E-state index contributed by atoms with van der Waals surface area (Å²) in [6, 6.07) is 19.2. The highest BCUT2D eigenvalue weighted by molar-refractivity contribution is 9.10. The van der Waals surface area contributed by atoms with Gasteiger partial charge in [-0.2, -0.15) is 9.61 Å². The summed E-state index contributed by atoms with van der Waals surface area (Å²) in [4.78, 5) is 16.8. The third-order valence-electron chi connectivity index (χ3n) is 4.50. The molecule has 0 saturated heterocycles. The van der Waals surface area contributed by atoms with Gasteiger partial charge >= 0.3 is 0 Å². The van der Waals surface area contributed by atoms with E-state index in [0.717, 1.165) is 32.8 Å². The molecular formula is C23H19BrClN5O. The molecule has 2 N–H and O–H groups in total. The van der Waals surface area contributed by atoms with Gasteiger partial charge in [0.05, 0.1) is 16.4 Å². The van der Waals surface area contributed by atoms with Crippen LogP contribution in [0, 0.1) is 0 Å². The first kappa shape index (κ1) is 21.1. The van der Waals surface area contributed by atoms with Crippen molar-refractivity contribution in [1.82, 2.24) is 19.9 Å². The molecule has 8 heteroatoms. The number of fused-ring (bicyclic) bond motifs is 1. The molecule has 0 atom stereocenters. The van der Waals surface area contributed by atoms with Gasteiger partial charge in [0.15, 0.2) is 5.65 Å². The van der Waals surface area contributed by atoms with Crippen molar-refractivity contribution in [2.45, 2.75) is 0 Å². The zero-order valence-corrected chi connectivity index (χ0v) is 18.8. The van der Waals surface area contributed by atoms with E-state index in [1.54, 1.807) is 28.9 Å². The predicted molar refractivity (Wildman–Crippen MR) is 128 cm³/mol. The Bertz CT molecular complexity index is 1240. The zero-order valence-electron chi connectivity index (χ0n) is 16.4. The van der Waals surface area contributed by atoms with Crippen molar-refractivity contribution in [3.05, 3.63) is 88.0 Å². The van der Waals surface area contributed by atoms with Crippen LogP contribution >= 0.6 is 27.5 Å². The van der Waals surface area contributed by atoms with Gasteiger partial charge in [-0.25, -0.2) is 4.98 Å². The van der Waals surface area contributed by atoms with Crippen LogP contribution in [0.5, 0.6) is 0 Å². The van der Waals surface area contributed by atoms with E-state index in [0.29, 0.717) is 18.1 Å². The second kappa shape index (κ2) is 9.76. The number of benzene rings is 2. The monoisotopic (exact) mass is 495 g/mol. The number of carbonyl (C=O) groups excluding carboxylic acids is 1. The maximum absolute atomic E-state index is 12.1. The fourth-order valence-electron chi connectivity index (χ4n) is 3.04. The average Bonchev–Trinajstić information content (AvgIpc) is 3.17. The lowest BCUT2D eigenvalue weighted by Gasteiger charge is -2.11. The molecule has 0 bridgehead atoms. The number of nitrogens with one attached hydrogen (secondary N) is 2. The largest absolute Gasteiger partial charge is 0.368 e. The van der Waals surface area contributed by atoms with Gasteiger partial charge in [-0.1, -0.05) is 54.1 Å². The molecule has 2 aromatic carbocycles. The van der Waals surface area contributed by atoms with Gasteiger partial charge < -0.3 is 10.6 Å². The van der Waals surface area contributed by atoms with E-state index in [9.17, 15) is 4.79 Å². The SMILES string of the molecule is O=C(/C=C/c1cccc(Cl)c1)NCCNc1cc(-c2ccccc2)nc2c(Br)cnn12. The Kier molecular flexibility index (Phi) is 6.64. The van der Waals surface area contributed by atoms with Crippen LogP contribution in [0.25, 0.3) is 23.0 Å². The van der Waals surface area contributed by atoms with E-state index in [2.05, 4.69) is 31.7 Å². The Morgan fingerprint density at radius 2 is 1.94 bits per heavy atom. The van der Waals surface area contributed by atoms with Crippen molar-refractivity contribution in [1.29, 1.82) is 0 Å². The number of nitrogens with zero attached hydrogens (tertiary/aromatic N) is 3. The summed E-state index contributed by atoms with van der Waals surface area (Å²) in [7, 11) is 0. The summed E-state index contributed by atoms with van der Waals surface area (Å²) in [5.41, 5.74) is 3.45. The lowest BCUT2D eigenvalue weighted by Crippen LogP contribution is -2.27. The second-order valence-corrected chi connectivity index (χ2v) is 8.02. The predicted octanol–water partition coefficient (Wildman–Crippen LogP) is 5.05. The van der Waals surface area contributed by atoms with E-state index in [1.807, 2.05) is 48.5 Å². The first-order valence-corrected chi connectivity index (χ1v) is 10.8. The number of hydrogen-bond donors (Lipinski definition) is 2. The molecule has 2 aromatic heterocycles. The fourth-order valence-corrected chi connectivity index (χ4v) is 3.58. The van der Waals surface area contributed by atoms with Crippen LogP contribution in [-0.2, 0) is 4.79 Å². The molecule has 4 rings (SSSR count). The third kappa shape index (κ3) is 5.31. The first-order valence-electron chi connectivity index (χ1n) is 9.65. The Morgan fingerprint density at radius 3 is 2.74 bits per heavy atom.